The van der Waals surface area contributed by atoms with Gasteiger partial charge in [0.2, 0.25) is 0 Å². The van der Waals surface area contributed by atoms with Gasteiger partial charge >= 0.3 is 5.97 Å². The fourth-order valence-corrected chi connectivity index (χ4v) is 4.70. The molecule has 2 fully saturated rings. The quantitative estimate of drug-likeness (QED) is 0.204. The van der Waals surface area contributed by atoms with Crippen molar-refractivity contribution in [3.05, 3.63) is 71.8 Å². The second kappa shape index (κ2) is 12.5. The lowest BCUT2D eigenvalue weighted by molar-refractivity contribution is -0.137. The molecule has 0 aromatic heterocycles. The first kappa shape index (κ1) is 24.1. The molecule has 0 radical (unpaired) electrons. The van der Waals surface area contributed by atoms with Gasteiger partial charge in [0.1, 0.15) is 0 Å². The Hall–Kier alpha value is -2.57. The highest BCUT2D eigenvalue weighted by Crippen LogP contribution is 2.47. The molecule has 0 spiro atoms. The second-order valence-electron chi connectivity index (χ2n) is 9.19. The fourth-order valence-electron chi connectivity index (χ4n) is 4.70. The van der Waals surface area contributed by atoms with Crippen LogP contribution in [0.25, 0.3) is 0 Å². The highest BCUT2D eigenvalue weighted by atomic mass is 16.4. The van der Waals surface area contributed by atoms with Crippen molar-refractivity contribution in [1.82, 2.24) is 0 Å². The summed E-state index contributed by atoms with van der Waals surface area (Å²) in [5.41, 5.74) is 2.36. The summed E-state index contributed by atoms with van der Waals surface area (Å²) in [6.45, 7) is 0. The minimum atomic E-state index is -0.720. The van der Waals surface area contributed by atoms with Crippen molar-refractivity contribution in [2.24, 2.45) is 11.3 Å². The lowest BCUT2D eigenvalue weighted by atomic mass is 9.63. The van der Waals surface area contributed by atoms with E-state index in [-0.39, 0.29) is 11.8 Å². The summed E-state index contributed by atoms with van der Waals surface area (Å²) < 4.78 is 0. The van der Waals surface area contributed by atoms with Crippen molar-refractivity contribution in [1.29, 1.82) is 0 Å². The molecule has 2 saturated carbocycles. The van der Waals surface area contributed by atoms with Gasteiger partial charge < -0.3 is 10.2 Å². The van der Waals surface area contributed by atoms with Crippen LogP contribution in [0.5, 0.6) is 0 Å². The fraction of sp³-hybridized carbons (Fsp3) is 0.483. The average molecular weight is 433 g/mol. The van der Waals surface area contributed by atoms with Crippen molar-refractivity contribution in [3.63, 3.8) is 0 Å². The first-order valence-electron chi connectivity index (χ1n) is 12.1. The van der Waals surface area contributed by atoms with Crippen LogP contribution in [0.15, 0.2) is 66.3 Å². The van der Waals surface area contributed by atoms with Crippen LogP contribution in [0.4, 0.5) is 0 Å². The maximum absolute atomic E-state index is 10.8. The monoisotopic (exact) mass is 432 g/mol. The highest BCUT2D eigenvalue weighted by molar-refractivity contribution is 5.66. The van der Waals surface area contributed by atoms with Crippen LogP contribution in [-0.4, -0.2) is 22.3 Å². The summed E-state index contributed by atoms with van der Waals surface area (Å²) in [6.07, 6.45) is 20.5. The third kappa shape index (κ3) is 7.24. The SMILES string of the molecule is O=C(O)CCC/C=C1\CCCC[C@H]1/C=C/C=C/[C@H](O)C1(CC#Cc2ccccc2)CCC1. The summed E-state index contributed by atoms with van der Waals surface area (Å²) >= 11 is 0. The normalized spacial score (nSPS) is 22.4. The summed E-state index contributed by atoms with van der Waals surface area (Å²) in [5, 5.41) is 19.6. The predicted octanol–water partition coefficient (Wildman–Crippen LogP) is 6.44. The number of aliphatic carboxylic acids is 1. The molecule has 0 heterocycles. The largest absolute Gasteiger partial charge is 0.481 e. The number of carboxylic acids is 1. The topological polar surface area (TPSA) is 57.5 Å². The molecule has 2 N–H and O–H groups in total. The lowest BCUT2D eigenvalue weighted by Gasteiger charge is -2.43. The molecule has 2 atom stereocenters. The van der Waals surface area contributed by atoms with Crippen LogP contribution in [0.2, 0.25) is 0 Å². The molecule has 0 saturated heterocycles. The van der Waals surface area contributed by atoms with E-state index in [9.17, 15) is 9.90 Å². The minimum Gasteiger partial charge on any atom is -0.481 e. The number of aliphatic hydroxyl groups is 1. The zero-order chi connectivity index (χ0) is 22.7. The molecule has 1 aromatic carbocycles. The second-order valence-corrected chi connectivity index (χ2v) is 9.19. The predicted molar refractivity (Wildman–Crippen MR) is 130 cm³/mol. The molecular weight excluding hydrogens is 396 g/mol. The Morgan fingerprint density at radius 1 is 1.16 bits per heavy atom. The Morgan fingerprint density at radius 3 is 2.69 bits per heavy atom. The van der Waals surface area contributed by atoms with E-state index in [1.807, 2.05) is 42.5 Å². The number of carboxylic acid groups (broad SMARTS) is 1. The Balaban J connectivity index is 1.53. The number of carbonyl (C=O) groups is 1. The van der Waals surface area contributed by atoms with Gasteiger partial charge in [0.15, 0.2) is 0 Å². The lowest BCUT2D eigenvalue weighted by Crippen LogP contribution is -2.40. The molecule has 3 heteroatoms. The summed E-state index contributed by atoms with van der Waals surface area (Å²) in [7, 11) is 0. The van der Waals surface area contributed by atoms with Crippen molar-refractivity contribution < 1.29 is 15.0 Å². The standard InChI is InChI=1S/C29H36O3/c30-27(29(22-11-23-29)21-10-14-24-12-2-1-3-13-24)19-8-6-17-25-15-4-5-16-26(25)18-7-9-20-28(31)32/h1-3,6,8,12-13,17-19,25,27,30H,4-5,7,9,11,15-16,20-23H2,(H,31,32)/b17-6+,19-8+,26-18+/t25-,27-/m0/s1. The van der Waals surface area contributed by atoms with Gasteiger partial charge in [-0.25, -0.2) is 0 Å². The first-order chi connectivity index (χ1) is 15.6. The maximum atomic E-state index is 10.8. The number of allylic oxidation sites excluding steroid dienone is 5. The first-order valence-corrected chi connectivity index (χ1v) is 12.1. The molecular formula is C29H36O3. The van der Waals surface area contributed by atoms with Crippen molar-refractivity contribution in [3.8, 4) is 11.8 Å². The van der Waals surface area contributed by atoms with Crippen LogP contribution >= 0.6 is 0 Å². The van der Waals surface area contributed by atoms with E-state index in [2.05, 4.69) is 30.1 Å². The molecule has 0 amide bonds. The molecule has 1 aromatic rings. The van der Waals surface area contributed by atoms with E-state index in [1.54, 1.807) is 0 Å². The van der Waals surface area contributed by atoms with E-state index >= 15 is 0 Å². The number of aliphatic hydroxyl groups excluding tert-OH is 1. The zero-order valence-corrected chi connectivity index (χ0v) is 19.0. The molecule has 3 rings (SSSR count). The maximum Gasteiger partial charge on any atom is 0.303 e. The van der Waals surface area contributed by atoms with Gasteiger partial charge in [0.25, 0.3) is 0 Å². The Kier molecular flexibility index (Phi) is 9.38. The van der Waals surface area contributed by atoms with E-state index in [0.29, 0.717) is 12.3 Å². The van der Waals surface area contributed by atoms with Gasteiger partial charge in [-0.15, -0.1) is 0 Å². The van der Waals surface area contributed by atoms with Gasteiger partial charge in [-0.2, -0.15) is 0 Å². The van der Waals surface area contributed by atoms with E-state index in [1.165, 1.54) is 18.4 Å². The molecule has 0 aliphatic heterocycles. The number of hydrogen-bond donors (Lipinski definition) is 2. The smallest absolute Gasteiger partial charge is 0.303 e. The average Bonchev–Trinajstić information content (AvgIpc) is 2.77. The molecule has 170 valence electrons. The number of benzene rings is 1. The van der Waals surface area contributed by atoms with Gasteiger partial charge in [-0.3, -0.25) is 4.79 Å². The molecule has 2 aliphatic carbocycles. The van der Waals surface area contributed by atoms with Gasteiger partial charge in [0, 0.05) is 23.8 Å². The number of unbranched alkanes of at least 4 members (excludes halogenated alkanes) is 1. The van der Waals surface area contributed by atoms with Crippen LogP contribution in [0.3, 0.4) is 0 Å². The van der Waals surface area contributed by atoms with E-state index in [4.69, 9.17) is 5.11 Å². The van der Waals surface area contributed by atoms with Crippen molar-refractivity contribution in [2.45, 2.75) is 76.7 Å². The molecule has 3 nitrogen and oxygen atoms in total. The minimum absolute atomic E-state index is 0.105. The van der Waals surface area contributed by atoms with Crippen LogP contribution < -0.4 is 0 Å². The summed E-state index contributed by atoms with van der Waals surface area (Å²) in [4.78, 5) is 10.7. The van der Waals surface area contributed by atoms with Gasteiger partial charge in [-0.1, -0.05) is 78.8 Å². The Morgan fingerprint density at radius 2 is 1.97 bits per heavy atom. The van der Waals surface area contributed by atoms with Gasteiger partial charge in [-0.05, 0) is 63.0 Å². The summed E-state index contributed by atoms with van der Waals surface area (Å²) in [6, 6.07) is 10.0. The Labute approximate surface area is 192 Å². The summed E-state index contributed by atoms with van der Waals surface area (Å²) in [5.74, 6) is 6.24. The van der Waals surface area contributed by atoms with Crippen LogP contribution in [0, 0.1) is 23.2 Å². The van der Waals surface area contributed by atoms with Crippen molar-refractivity contribution >= 4 is 5.97 Å². The van der Waals surface area contributed by atoms with E-state index < -0.39 is 12.1 Å². The van der Waals surface area contributed by atoms with Crippen LogP contribution in [-0.2, 0) is 4.79 Å². The van der Waals surface area contributed by atoms with Crippen LogP contribution in [0.1, 0.15) is 76.2 Å². The number of hydrogen-bond acceptors (Lipinski definition) is 2. The third-order valence-corrected chi connectivity index (χ3v) is 6.88. The van der Waals surface area contributed by atoms with Crippen molar-refractivity contribution in [2.75, 3.05) is 0 Å². The molecule has 0 bridgehead atoms. The molecule has 32 heavy (non-hydrogen) atoms. The zero-order valence-electron chi connectivity index (χ0n) is 19.0. The van der Waals surface area contributed by atoms with E-state index in [0.717, 1.165) is 50.5 Å². The highest BCUT2D eigenvalue weighted by Gasteiger charge is 2.41. The third-order valence-electron chi connectivity index (χ3n) is 6.88. The molecule has 0 unspecified atom stereocenters. The Bertz CT molecular complexity index is 878. The van der Waals surface area contributed by atoms with Gasteiger partial charge in [0.05, 0.1) is 6.10 Å². The number of rotatable bonds is 9. The molecule has 2 aliphatic rings.